The van der Waals surface area contributed by atoms with Crippen molar-refractivity contribution in [3.8, 4) is 0 Å². The second-order valence-electron chi connectivity index (χ2n) is 6.86. The van der Waals surface area contributed by atoms with Gasteiger partial charge in [0.05, 0.1) is 0 Å². The van der Waals surface area contributed by atoms with Gasteiger partial charge in [0.15, 0.2) is 6.71 Å². The zero-order valence-electron chi connectivity index (χ0n) is 11.5. The summed E-state index contributed by atoms with van der Waals surface area (Å²) in [5.74, 6) is 3.02. The van der Waals surface area contributed by atoms with E-state index < -0.39 is 0 Å². The topological polar surface area (TPSA) is 0 Å². The summed E-state index contributed by atoms with van der Waals surface area (Å²) < 4.78 is 1.76. The molecule has 0 aromatic heterocycles. The Bertz CT molecular complexity index is 284. The van der Waals surface area contributed by atoms with Gasteiger partial charge in [-0.3, -0.25) is 0 Å². The lowest BCUT2D eigenvalue weighted by Crippen LogP contribution is -2.35. The maximum atomic E-state index is 2.71. The van der Waals surface area contributed by atoms with Gasteiger partial charge in [-0.15, -0.1) is 0 Å². The Kier molecular flexibility index (Phi) is 4.75. The Morgan fingerprint density at radius 3 is 1.89 bits per heavy atom. The smallest absolute Gasteiger partial charge is 0.0811 e. The summed E-state index contributed by atoms with van der Waals surface area (Å²) >= 11 is 2.71. The zero-order valence-corrected chi connectivity index (χ0v) is 13.7. The largest absolute Gasteiger partial charge is 0.189 e. The minimum absolute atomic E-state index is 0.924. The molecule has 2 bridgehead atoms. The molecule has 0 spiro atoms. The van der Waals surface area contributed by atoms with Crippen molar-refractivity contribution >= 4 is 29.3 Å². The van der Waals surface area contributed by atoms with Crippen molar-refractivity contribution in [2.75, 3.05) is 0 Å². The maximum absolute atomic E-state index is 2.71. The van der Waals surface area contributed by atoms with E-state index in [-0.39, 0.29) is 0 Å². The molecule has 2 heteroatoms. The van der Waals surface area contributed by atoms with Crippen LogP contribution in [0.3, 0.4) is 0 Å². The highest BCUT2D eigenvalue weighted by atomic mass is 127. The Morgan fingerprint density at radius 2 is 1.33 bits per heavy atom. The van der Waals surface area contributed by atoms with E-state index in [2.05, 4.69) is 28.7 Å². The molecule has 2 saturated heterocycles. The van der Waals surface area contributed by atoms with Crippen molar-refractivity contribution in [3.63, 3.8) is 0 Å². The Balaban J connectivity index is 1.69. The molecule has 0 nitrogen and oxygen atoms in total. The van der Waals surface area contributed by atoms with Crippen LogP contribution in [-0.2, 0) is 0 Å². The quantitative estimate of drug-likeness (QED) is 0.419. The first kappa shape index (κ1) is 13.5. The molecule has 0 aromatic rings. The second kappa shape index (κ2) is 6.32. The lowest BCUT2D eigenvalue weighted by atomic mass is 9.27. The highest BCUT2D eigenvalue weighted by Gasteiger charge is 2.40. The van der Waals surface area contributed by atoms with Crippen molar-refractivity contribution in [2.24, 2.45) is 5.92 Å². The third-order valence-corrected chi connectivity index (χ3v) is 6.76. The van der Waals surface area contributed by atoms with Gasteiger partial charge in [-0.05, 0) is 22.2 Å². The molecular formula is C16H26BI. The molecule has 0 aromatic carbocycles. The van der Waals surface area contributed by atoms with Crippen LogP contribution in [0.5, 0.6) is 0 Å². The number of hydrogen-bond acceptors (Lipinski definition) is 0. The van der Waals surface area contributed by atoms with Gasteiger partial charge < -0.3 is 0 Å². The second-order valence-corrected chi connectivity index (χ2v) is 8.10. The molecule has 3 fully saturated rings. The van der Waals surface area contributed by atoms with Crippen LogP contribution in [0.1, 0.15) is 70.6 Å². The molecule has 0 radical (unpaired) electrons. The van der Waals surface area contributed by atoms with Crippen LogP contribution in [0.2, 0.25) is 11.6 Å². The summed E-state index contributed by atoms with van der Waals surface area (Å²) in [6, 6.07) is 0. The molecule has 18 heavy (non-hydrogen) atoms. The van der Waals surface area contributed by atoms with Crippen LogP contribution < -0.4 is 0 Å². The number of allylic oxidation sites excluding steroid dienone is 1. The molecule has 0 unspecified atom stereocenters. The van der Waals surface area contributed by atoms with E-state index in [1.165, 1.54) is 70.6 Å². The maximum Gasteiger partial charge on any atom is 0.189 e. The molecule has 2 heterocycles. The van der Waals surface area contributed by atoms with E-state index >= 15 is 0 Å². The monoisotopic (exact) mass is 356 g/mol. The van der Waals surface area contributed by atoms with E-state index in [1.807, 2.05) is 0 Å². The van der Waals surface area contributed by atoms with Crippen molar-refractivity contribution in [1.82, 2.24) is 0 Å². The molecule has 3 aliphatic rings. The zero-order chi connectivity index (χ0) is 12.4. The fourth-order valence-electron chi connectivity index (χ4n) is 4.76. The van der Waals surface area contributed by atoms with Crippen molar-refractivity contribution in [2.45, 2.75) is 82.3 Å². The van der Waals surface area contributed by atoms with Crippen molar-refractivity contribution in [3.05, 3.63) is 9.56 Å². The van der Waals surface area contributed by atoms with Crippen LogP contribution in [0.4, 0.5) is 0 Å². The van der Waals surface area contributed by atoms with Crippen LogP contribution in [0.15, 0.2) is 9.56 Å². The van der Waals surface area contributed by atoms with Crippen molar-refractivity contribution < 1.29 is 0 Å². The summed E-state index contributed by atoms with van der Waals surface area (Å²) in [5.41, 5.74) is 0. The Morgan fingerprint density at radius 1 is 0.778 bits per heavy atom. The molecule has 0 N–H and O–H groups in total. The minimum atomic E-state index is 0.924. The highest BCUT2D eigenvalue weighted by molar-refractivity contribution is 14.1. The summed E-state index contributed by atoms with van der Waals surface area (Å²) in [4.78, 5) is 0. The van der Waals surface area contributed by atoms with Gasteiger partial charge in [-0.1, -0.05) is 98.1 Å². The average Bonchev–Trinajstić information content (AvgIpc) is 2.39. The van der Waals surface area contributed by atoms with Crippen LogP contribution in [0.25, 0.3) is 0 Å². The van der Waals surface area contributed by atoms with Gasteiger partial charge in [0, 0.05) is 0 Å². The molecule has 0 atom stereocenters. The first-order chi connectivity index (χ1) is 8.84. The predicted octanol–water partition coefficient (Wildman–Crippen LogP) is 6.03. The van der Waals surface area contributed by atoms with Crippen LogP contribution in [-0.4, -0.2) is 6.71 Å². The fraction of sp³-hybridized carbons (Fsp3) is 0.875. The van der Waals surface area contributed by atoms with E-state index in [1.54, 1.807) is 3.48 Å². The standard InChI is InChI=1S/C16H26BI/c18-16(12-13-6-2-1-3-7-13)17-14-8-4-9-15(17)11-5-10-14/h12-15H,1-11H2/b16-12-. The van der Waals surface area contributed by atoms with E-state index in [9.17, 15) is 0 Å². The third-order valence-electron chi connectivity index (χ3n) is 5.68. The van der Waals surface area contributed by atoms with Gasteiger partial charge in [0.25, 0.3) is 0 Å². The average molecular weight is 356 g/mol. The van der Waals surface area contributed by atoms with Crippen LogP contribution in [0, 0.1) is 5.92 Å². The first-order valence-corrected chi connectivity index (χ1v) is 9.29. The first-order valence-electron chi connectivity index (χ1n) is 8.22. The molecule has 2 aliphatic heterocycles. The summed E-state index contributed by atoms with van der Waals surface area (Å²) in [7, 11) is 0. The van der Waals surface area contributed by atoms with Crippen molar-refractivity contribution in [1.29, 1.82) is 0 Å². The minimum Gasteiger partial charge on any atom is -0.0811 e. The Labute approximate surface area is 127 Å². The van der Waals surface area contributed by atoms with Gasteiger partial charge in [0.2, 0.25) is 0 Å². The number of hydrogen-bond donors (Lipinski definition) is 0. The SMILES string of the molecule is I/C(=C\C1CCCCC1)B1C2CCCC1CCC2. The number of halogens is 1. The van der Waals surface area contributed by atoms with Gasteiger partial charge >= 0.3 is 0 Å². The van der Waals surface area contributed by atoms with Gasteiger partial charge in [0.1, 0.15) is 0 Å². The summed E-state index contributed by atoms with van der Waals surface area (Å²) in [6.45, 7) is 0.968. The number of fused-ring (bicyclic) bond motifs is 2. The number of rotatable bonds is 2. The lowest BCUT2D eigenvalue weighted by molar-refractivity contribution is 0.418. The summed E-state index contributed by atoms with van der Waals surface area (Å²) in [5, 5.41) is 0. The molecule has 1 aliphatic carbocycles. The van der Waals surface area contributed by atoms with Gasteiger partial charge in [-0.25, -0.2) is 0 Å². The van der Waals surface area contributed by atoms with E-state index in [4.69, 9.17) is 0 Å². The lowest BCUT2D eigenvalue weighted by Gasteiger charge is -2.40. The Hall–Kier alpha value is 0.535. The molecule has 0 amide bonds. The molecular weight excluding hydrogens is 330 g/mol. The highest BCUT2D eigenvalue weighted by Crippen LogP contribution is 2.50. The molecule has 100 valence electrons. The van der Waals surface area contributed by atoms with E-state index in [0.29, 0.717) is 0 Å². The normalized spacial score (nSPS) is 34.7. The predicted molar refractivity (Wildman–Crippen MR) is 89.6 cm³/mol. The van der Waals surface area contributed by atoms with E-state index in [0.717, 1.165) is 24.3 Å². The molecule has 3 rings (SSSR count). The summed E-state index contributed by atoms with van der Waals surface area (Å²) in [6.07, 6.45) is 19.2. The fourth-order valence-corrected chi connectivity index (χ4v) is 6.29. The molecule has 1 saturated carbocycles. The third kappa shape index (κ3) is 2.99. The van der Waals surface area contributed by atoms with Crippen LogP contribution >= 0.6 is 22.6 Å². The van der Waals surface area contributed by atoms with Gasteiger partial charge in [-0.2, -0.15) is 0 Å².